The number of methoxy groups -OCH3 is 1. The molecule has 0 saturated carbocycles. The fourth-order valence-corrected chi connectivity index (χ4v) is 4.91. The van der Waals surface area contributed by atoms with Crippen molar-refractivity contribution in [1.29, 1.82) is 0 Å². The van der Waals surface area contributed by atoms with E-state index in [4.69, 9.17) is 9.72 Å². The number of aryl methyl sites for hydroxylation is 1. The summed E-state index contributed by atoms with van der Waals surface area (Å²) < 4.78 is 7.46. The number of benzene rings is 1. The lowest BCUT2D eigenvalue weighted by Gasteiger charge is -2.17. The van der Waals surface area contributed by atoms with Gasteiger partial charge in [0.15, 0.2) is 0 Å². The number of nitrogens with zero attached hydrogens (tertiary/aromatic N) is 3. The van der Waals surface area contributed by atoms with E-state index in [0.29, 0.717) is 6.54 Å². The number of thiazole rings is 1. The van der Waals surface area contributed by atoms with Crippen molar-refractivity contribution in [2.75, 3.05) is 7.11 Å². The van der Waals surface area contributed by atoms with Crippen LogP contribution in [0.4, 0.5) is 0 Å². The average molecular weight is 425 g/mol. The van der Waals surface area contributed by atoms with Crippen LogP contribution in [0.25, 0.3) is 0 Å². The second kappa shape index (κ2) is 9.35. The molecule has 150 valence electrons. The molecule has 3 aromatic heterocycles. The van der Waals surface area contributed by atoms with Crippen molar-refractivity contribution in [3.63, 3.8) is 0 Å². The van der Waals surface area contributed by atoms with Crippen LogP contribution in [-0.2, 0) is 19.5 Å². The molecule has 29 heavy (non-hydrogen) atoms. The van der Waals surface area contributed by atoms with Gasteiger partial charge in [-0.2, -0.15) is 5.10 Å². The number of thiophene rings is 1. The molecular formula is C22H24N4OS2. The predicted octanol–water partition coefficient (Wildman–Crippen LogP) is 4.84. The van der Waals surface area contributed by atoms with Crippen LogP contribution in [0.2, 0.25) is 0 Å². The SMILES string of the molecule is COc1ccc(CN[C@H](Cc2cccs2)c2nc(C)cs2)cc1Cn1cccn1. The smallest absolute Gasteiger partial charge is 0.123 e. The lowest BCUT2D eigenvalue weighted by atomic mass is 10.1. The minimum absolute atomic E-state index is 0.198. The third-order valence-electron chi connectivity index (χ3n) is 4.71. The van der Waals surface area contributed by atoms with Gasteiger partial charge < -0.3 is 10.1 Å². The maximum atomic E-state index is 5.55. The van der Waals surface area contributed by atoms with E-state index in [0.717, 1.165) is 35.0 Å². The van der Waals surface area contributed by atoms with Gasteiger partial charge in [-0.15, -0.1) is 22.7 Å². The van der Waals surface area contributed by atoms with Gasteiger partial charge in [-0.25, -0.2) is 4.98 Å². The van der Waals surface area contributed by atoms with Gasteiger partial charge in [0.05, 0.1) is 19.7 Å². The molecule has 1 N–H and O–H groups in total. The summed E-state index contributed by atoms with van der Waals surface area (Å²) in [7, 11) is 1.71. The van der Waals surface area contributed by atoms with E-state index >= 15 is 0 Å². The van der Waals surface area contributed by atoms with E-state index < -0.39 is 0 Å². The summed E-state index contributed by atoms with van der Waals surface area (Å²) in [6.07, 6.45) is 4.70. The molecule has 1 atom stereocenters. The Balaban J connectivity index is 1.50. The molecule has 0 aliphatic heterocycles. The zero-order valence-corrected chi connectivity index (χ0v) is 18.2. The lowest BCUT2D eigenvalue weighted by molar-refractivity contribution is 0.407. The quantitative estimate of drug-likeness (QED) is 0.418. The maximum absolute atomic E-state index is 5.55. The van der Waals surface area contributed by atoms with Crippen LogP contribution in [0.3, 0.4) is 0 Å². The van der Waals surface area contributed by atoms with Crippen LogP contribution >= 0.6 is 22.7 Å². The number of rotatable bonds is 9. The van der Waals surface area contributed by atoms with Gasteiger partial charge in [0, 0.05) is 46.9 Å². The summed E-state index contributed by atoms with van der Waals surface area (Å²) in [5, 5.41) is 13.4. The molecule has 7 heteroatoms. The summed E-state index contributed by atoms with van der Waals surface area (Å²) in [4.78, 5) is 6.09. The number of aromatic nitrogens is 3. The third kappa shape index (κ3) is 5.12. The number of ether oxygens (including phenoxy) is 1. The standard InChI is InChI=1S/C22H24N4OS2/c1-16-15-29-22(25-16)20(12-19-5-3-10-28-19)23-13-17-6-7-21(27-2)18(11-17)14-26-9-4-8-24-26/h3-11,15,20,23H,12-14H2,1-2H3/t20-/m1/s1. The van der Waals surface area contributed by atoms with Gasteiger partial charge in [0.1, 0.15) is 10.8 Å². The predicted molar refractivity (Wildman–Crippen MR) is 119 cm³/mol. The normalized spacial score (nSPS) is 12.2. The van der Waals surface area contributed by atoms with Crippen molar-refractivity contribution in [2.45, 2.75) is 32.5 Å². The van der Waals surface area contributed by atoms with Gasteiger partial charge in [0.2, 0.25) is 0 Å². The minimum Gasteiger partial charge on any atom is -0.496 e. The Bertz CT molecular complexity index is 1030. The Morgan fingerprint density at radius 3 is 2.83 bits per heavy atom. The molecule has 0 aliphatic carbocycles. The number of hydrogen-bond acceptors (Lipinski definition) is 6. The molecule has 4 aromatic rings. The maximum Gasteiger partial charge on any atom is 0.123 e. The van der Waals surface area contributed by atoms with E-state index in [1.165, 1.54) is 10.4 Å². The second-order valence-electron chi connectivity index (χ2n) is 6.89. The van der Waals surface area contributed by atoms with Gasteiger partial charge in [-0.3, -0.25) is 4.68 Å². The van der Waals surface area contributed by atoms with E-state index in [1.807, 2.05) is 29.9 Å². The summed E-state index contributed by atoms with van der Waals surface area (Å²) in [6, 6.07) is 12.8. The number of nitrogens with one attached hydrogen (secondary N) is 1. The topological polar surface area (TPSA) is 52.0 Å². The first kappa shape index (κ1) is 19.8. The van der Waals surface area contributed by atoms with Crippen molar-refractivity contribution in [2.24, 2.45) is 0 Å². The van der Waals surface area contributed by atoms with Crippen LogP contribution in [0.1, 0.15) is 32.7 Å². The van der Waals surface area contributed by atoms with Crippen LogP contribution in [0, 0.1) is 6.92 Å². The Kier molecular flexibility index (Phi) is 6.39. The van der Waals surface area contributed by atoms with Gasteiger partial charge in [0.25, 0.3) is 0 Å². The van der Waals surface area contributed by atoms with Crippen molar-refractivity contribution in [1.82, 2.24) is 20.1 Å². The van der Waals surface area contributed by atoms with Crippen LogP contribution in [-0.4, -0.2) is 21.9 Å². The molecule has 0 bridgehead atoms. The Morgan fingerprint density at radius 2 is 2.14 bits per heavy atom. The molecule has 0 amide bonds. The van der Waals surface area contributed by atoms with E-state index in [2.05, 4.69) is 45.4 Å². The van der Waals surface area contributed by atoms with Gasteiger partial charge in [-0.05, 0) is 42.1 Å². The highest BCUT2D eigenvalue weighted by atomic mass is 32.1. The van der Waals surface area contributed by atoms with Gasteiger partial charge >= 0.3 is 0 Å². The molecule has 0 spiro atoms. The van der Waals surface area contributed by atoms with Crippen molar-refractivity contribution < 1.29 is 4.74 Å². The molecule has 3 heterocycles. The fraction of sp³-hybridized carbons (Fsp3) is 0.273. The lowest BCUT2D eigenvalue weighted by Crippen LogP contribution is -2.23. The van der Waals surface area contributed by atoms with Crippen molar-refractivity contribution in [3.05, 3.63) is 86.3 Å². The largest absolute Gasteiger partial charge is 0.496 e. The van der Waals surface area contributed by atoms with Gasteiger partial charge in [-0.1, -0.05) is 12.1 Å². The monoisotopic (exact) mass is 424 g/mol. The highest BCUT2D eigenvalue weighted by Crippen LogP contribution is 2.26. The Labute approximate surface area is 179 Å². The molecule has 0 radical (unpaired) electrons. The highest BCUT2D eigenvalue weighted by molar-refractivity contribution is 7.10. The van der Waals surface area contributed by atoms with Crippen LogP contribution in [0.15, 0.2) is 59.6 Å². The van der Waals surface area contributed by atoms with Crippen LogP contribution in [0.5, 0.6) is 5.75 Å². The van der Waals surface area contributed by atoms with E-state index in [9.17, 15) is 0 Å². The first-order valence-electron chi connectivity index (χ1n) is 9.52. The molecule has 5 nitrogen and oxygen atoms in total. The minimum atomic E-state index is 0.198. The highest BCUT2D eigenvalue weighted by Gasteiger charge is 2.16. The molecule has 0 unspecified atom stereocenters. The third-order valence-corrected chi connectivity index (χ3v) is 6.68. The zero-order chi connectivity index (χ0) is 20.1. The molecule has 0 aliphatic rings. The average Bonchev–Trinajstić information content (AvgIpc) is 3.49. The molecule has 0 saturated heterocycles. The first-order chi connectivity index (χ1) is 14.2. The summed E-state index contributed by atoms with van der Waals surface area (Å²) in [5.41, 5.74) is 3.42. The summed E-state index contributed by atoms with van der Waals surface area (Å²) >= 11 is 3.52. The fourth-order valence-electron chi connectivity index (χ4n) is 3.28. The van der Waals surface area contributed by atoms with Crippen molar-refractivity contribution >= 4 is 22.7 Å². The molecule has 1 aromatic carbocycles. The second-order valence-corrected chi connectivity index (χ2v) is 8.82. The summed E-state index contributed by atoms with van der Waals surface area (Å²) in [5.74, 6) is 0.884. The van der Waals surface area contributed by atoms with Crippen LogP contribution < -0.4 is 10.1 Å². The summed E-state index contributed by atoms with van der Waals surface area (Å²) in [6.45, 7) is 3.51. The Hall–Kier alpha value is -2.48. The van der Waals surface area contributed by atoms with Crippen molar-refractivity contribution in [3.8, 4) is 5.75 Å². The molecule has 0 fully saturated rings. The number of hydrogen-bond donors (Lipinski definition) is 1. The Morgan fingerprint density at radius 1 is 1.21 bits per heavy atom. The van der Waals surface area contributed by atoms with E-state index in [-0.39, 0.29) is 6.04 Å². The first-order valence-corrected chi connectivity index (χ1v) is 11.3. The van der Waals surface area contributed by atoms with E-state index in [1.54, 1.807) is 36.0 Å². The zero-order valence-electron chi connectivity index (χ0n) is 16.5. The molecular weight excluding hydrogens is 400 g/mol. The molecule has 4 rings (SSSR count).